The third-order valence-electron chi connectivity index (χ3n) is 6.08. The molecule has 3 N–H and O–H groups in total. The number of fused-ring (bicyclic) bond motifs is 1. The molecule has 8 nitrogen and oxygen atoms in total. The lowest BCUT2D eigenvalue weighted by Gasteiger charge is -2.22. The van der Waals surface area contributed by atoms with E-state index >= 15 is 0 Å². The molecular weight excluding hydrogens is 554 g/mol. The number of nitrogens with one attached hydrogen (secondary N) is 3. The summed E-state index contributed by atoms with van der Waals surface area (Å²) in [5.74, 6) is -1.50. The average molecular weight is 574 g/mol. The van der Waals surface area contributed by atoms with E-state index in [0.29, 0.717) is 35.9 Å². The van der Waals surface area contributed by atoms with E-state index in [1.165, 1.54) is 24.3 Å². The third kappa shape index (κ3) is 6.03. The van der Waals surface area contributed by atoms with Crippen molar-refractivity contribution in [3.8, 4) is 0 Å². The molecule has 2 amide bonds. The lowest BCUT2D eigenvalue weighted by atomic mass is 10.0. The Labute approximate surface area is 229 Å². The van der Waals surface area contributed by atoms with E-state index < -0.39 is 34.4 Å². The van der Waals surface area contributed by atoms with Gasteiger partial charge in [0, 0.05) is 30.0 Å². The molecule has 1 aromatic heterocycles. The number of rotatable bonds is 5. The van der Waals surface area contributed by atoms with Gasteiger partial charge in [0.1, 0.15) is 11.9 Å². The summed E-state index contributed by atoms with van der Waals surface area (Å²) in [6.07, 6.45) is -3.40. The molecular formula is C27H20ClF4N5O3. The number of morpholine rings is 1. The zero-order valence-electron chi connectivity index (χ0n) is 20.5. The van der Waals surface area contributed by atoms with Gasteiger partial charge in [-0.15, -0.1) is 0 Å². The highest BCUT2D eigenvalue weighted by Crippen LogP contribution is 2.36. The Morgan fingerprint density at radius 1 is 1.00 bits per heavy atom. The Hall–Kier alpha value is -4.13. The second kappa shape index (κ2) is 11.2. The number of halogens is 5. The lowest BCUT2D eigenvalue weighted by molar-refractivity contribution is -0.137. The van der Waals surface area contributed by atoms with Crippen LogP contribution in [0.5, 0.6) is 0 Å². The van der Waals surface area contributed by atoms with E-state index in [4.69, 9.17) is 16.3 Å². The summed E-state index contributed by atoms with van der Waals surface area (Å²) in [7, 11) is 0. The van der Waals surface area contributed by atoms with Crippen molar-refractivity contribution in [2.75, 3.05) is 30.3 Å². The number of alkyl halides is 3. The van der Waals surface area contributed by atoms with Crippen molar-refractivity contribution in [1.82, 2.24) is 15.3 Å². The van der Waals surface area contributed by atoms with Crippen LogP contribution in [0.3, 0.4) is 0 Å². The van der Waals surface area contributed by atoms with E-state index in [2.05, 4.69) is 25.9 Å². The smallest absolute Gasteiger partial charge is 0.369 e. The van der Waals surface area contributed by atoms with Gasteiger partial charge in [0.05, 0.1) is 45.7 Å². The maximum atomic E-state index is 14.7. The van der Waals surface area contributed by atoms with Gasteiger partial charge in [-0.3, -0.25) is 9.78 Å². The third-order valence-corrected chi connectivity index (χ3v) is 6.41. The van der Waals surface area contributed by atoms with Crippen LogP contribution in [0.2, 0.25) is 5.02 Å². The van der Waals surface area contributed by atoms with Gasteiger partial charge in [0.15, 0.2) is 5.78 Å². The number of hydrogen-bond donors (Lipinski definition) is 3. The Bertz CT molecular complexity index is 1610. The first-order valence-corrected chi connectivity index (χ1v) is 12.3. The van der Waals surface area contributed by atoms with Crippen LogP contribution in [0.15, 0.2) is 60.8 Å². The fourth-order valence-corrected chi connectivity index (χ4v) is 4.35. The molecule has 1 saturated heterocycles. The first-order chi connectivity index (χ1) is 19.1. The summed E-state index contributed by atoms with van der Waals surface area (Å²) in [6.45, 7) is 1.83. The largest absolute Gasteiger partial charge is 0.417 e. The van der Waals surface area contributed by atoms with Gasteiger partial charge >= 0.3 is 12.2 Å². The molecule has 2 heterocycles. The van der Waals surface area contributed by atoms with Gasteiger partial charge in [-0.25, -0.2) is 14.2 Å². The Kier molecular flexibility index (Phi) is 7.66. The SMILES string of the molecule is O=C(Nc1ccc(F)c(C(=O)c2ccc3ncc(C4CNCCO4)nc3c2)c1)Nc1ccc(Cl)c(C(F)(F)F)c1. The van der Waals surface area contributed by atoms with E-state index in [1.807, 2.05) is 0 Å². The molecule has 1 unspecified atom stereocenters. The molecule has 1 aliphatic rings. The standard InChI is InChI=1S/C27H20ClF4N5O3/c28-19-4-2-16(11-18(19)27(30,31)32)36-26(39)35-15-3-5-20(29)17(10-15)25(38)14-1-6-21-22(9-14)37-23(12-34-21)24-13-33-7-8-40-24/h1-6,9-12,24,33H,7-8,13H2,(H2,35,36,39). The van der Waals surface area contributed by atoms with Gasteiger partial charge in [0.25, 0.3) is 0 Å². The maximum Gasteiger partial charge on any atom is 0.417 e. The van der Waals surface area contributed by atoms with E-state index in [1.54, 1.807) is 12.3 Å². The van der Waals surface area contributed by atoms with Crippen molar-refractivity contribution in [2.24, 2.45) is 0 Å². The number of aromatic nitrogens is 2. The van der Waals surface area contributed by atoms with E-state index in [-0.39, 0.29) is 28.6 Å². The van der Waals surface area contributed by atoms with Gasteiger partial charge < -0.3 is 20.7 Å². The Morgan fingerprint density at radius 3 is 2.48 bits per heavy atom. The highest BCUT2D eigenvalue weighted by Gasteiger charge is 2.33. The summed E-state index contributed by atoms with van der Waals surface area (Å²) in [5, 5.41) is 7.34. The van der Waals surface area contributed by atoms with Crippen LogP contribution in [-0.2, 0) is 10.9 Å². The molecule has 0 aliphatic carbocycles. The molecule has 3 aromatic carbocycles. The monoisotopic (exact) mass is 573 g/mol. The summed E-state index contributed by atoms with van der Waals surface area (Å²) in [6, 6.07) is 9.90. The van der Waals surface area contributed by atoms with Crippen molar-refractivity contribution >= 4 is 45.8 Å². The topological polar surface area (TPSA) is 105 Å². The number of ether oxygens (including phenoxy) is 1. The van der Waals surface area contributed by atoms with Crippen LogP contribution in [-0.4, -0.2) is 41.5 Å². The van der Waals surface area contributed by atoms with Crippen molar-refractivity contribution in [3.63, 3.8) is 0 Å². The number of anilines is 2. The summed E-state index contributed by atoms with van der Waals surface area (Å²) in [4.78, 5) is 34.6. The molecule has 0 spiro atoms. The summed E-state index contributed by atoms with van der Waals surface area (Å²) in [5.41, 5.74) is 0.124. The highest BCUT2D eigenvalue weighted by molar-refractivity contribution is 6.31. The number of nitrogens with zero attached hydrogens (tertiary/aromatic N) is 2. The number of hydrogen-bond acceptors (Lipinski definition) is 6. The van der Waals surface area contributed by atoms with Crippen LogP contribution in [0.1, 0.15) is 33.3 Å². The van der Waals surface area contributed by atoms with Gasteiger partial charge in [0.2, 0.25) is 0 Å². The molecule has 0 saturated carbocycles. The summed E-state index contributed by atoms with van der Waals surface area (Å²) >= 11 is 5.60. The molecule has 4 aromatic rings. The molecule has 0 bridgehead atoms. The average Bonchev–Trinajstić information content (AvgIpc) is 2.94. The Balaban J connectivity index is 1.34. The molecule has 206 valence electrons. The highest BCUT2D eigenvalue weighted by atomic mass is 35.5. The molecule has 40 heavy (non-hydrogen) atoms. The van der Waals surface area contributed by atoms with Crippen molar-refractivity contribution in [1.29, 1.82) is 0 Å². The maximum absolute atomic E-state index is 14.7. The minimum atomic E-state index is -4.71. The number of amides is 2. The minimum absolute atomic E-state index is 0.0390. The normalized spacial score (nSPS) is 15.6. The van der Waals surface area contributed by atoms with E-state index in [9.17, 15) is 27.2 Å². The molecule has 1 fully saturated rings. The van der Waals surface area contributed by atoms with Crippen LogP contribution in [0.25, 0.3) is 11.0 Å². The second-order valence-corrected chi connectivity index (χ2v) is 9.26. The van der Waals surface area contributed by atoms with Crippen molar-refractivity contribution in [3.05, 3.63) is 94.0 Å². The number of ketones is 1. The lowest BCUT2D eigenvalue weighted by Crippen LogP contribution is -2.33. The van der Waals surface area contributed by atoms with Crippen molar-refractivity contribution in [2.45, 2.75) is 12.3 Å². The number of urea groups is 1. The van der Waals surface area contributed by atoms with Crippen LogP contribution in [0, 0.1) is 5.82 Å². The second-order valence-electron chi connectivity index (χ2n) is 8.86. The van der Waals surface area contributed by atoms with Crippen LogP contribution in [0.4, 0.5) is 33.7 Å². The van der Waals surface area contributed by atoms with Gasteiger partial charge in [-0.2, -0.15) is 13.2 Å². The number of carbonyl (C=O) groups excluding carboxylic acids is 2. The fraction of sp³-hybridized carbons (Fsp3) is 0.185. The number of benzene rings is 3. The molecule has 1 aliphatic heterocycles. The molecule has 5 rings (SSSR count). The zero-order chi connectivity index (χ0) is 28.4. The Morgan fingerprint density at radius 2 is 1.75 bits per heavy atom. The summed E-state index contributed by atoms with van der Waals surface area (Å²) < 4.78 is 59.7. The first-order valence-electron chi connectivity index (χ1n) is 12.0. The first kappa shape index (κ1) is 27.4. The van der Waals surface area contributed by atoms with Crippen molar-refractivity contribution < 1.29 is 31.9 Å². The predicted molar refractivity (Wildman–Crippen MR) is 140 cm³/mol. The zero-order valence-corrected chi connectivity index (χ0v) is 21.2. The molecule has 1 atom stereocenters. The minimum Gasteiger partial charge on any atom is -0.369 e. The van der Waals surface area contributed by atoms with E-state index in [0.717, 1.165) is 24.7 Å². The molecule has 0 radical (unpaired) electrons. The van der Waals surface area contributed by atoms with Crippen LogP contribution < -0.4 is 16.0 Å². The predicted octanol–water partition coefficient (Wildman–Crippen LogP) is 5.98. The number of carbonyl (C=O) groups is 2. The van der Waals surface area contributed by atoms with Gasteiger partial charge in [-0.1, -0.05) is 11.6 Å². The molecule has 13 heteroatoms. The fourth-order valence-electron chi connectivity index (χ4n) is 4.12. The van der Waals surface area contributed by atoms with Crippen LogP contribution >= 0.6 is 11.6 Å². The quantitative estimate of drug-likeness (QED) is 0.200. The van der Waals surface area contributed by atoms with Gasteiger partial charge in [-0.05, 0) is 54.6 Å².